The third-order valence-electron chi connectivity index (χ3n) is 4.46. The summed E-state index contributed by atoms with van der Waals surface area (Å²) in [5.74, 6) is -1.08. The molecule has 0 aliphatic carbocycles. The van der Waals surface area contributed by atoms with Gasteiger partial charge in [-0.25, -0.2) is 12.7 Å². The Morgan fingerprint density at radius 3 is 2.33 bits per heavy atom. The van der Waals surface area contributed by atoms with E-state index in [2.05, 4.69) is 5.32 Å². The van der Waals surface area contributed by atoms with Crippen molar-refractivity contribution in [3.8, 4) is 0 Å². The molecule has 0 saturated carbocycles. The fraction of sp³-hybridized carbons (Fsp3) is 0.263. The van der Waals surface area contributed by atoms with Crippen LogP contribution < -0.4 is 9.62 Å². The smallest absolute Gasteiger partial charge is 0.255 e. The number of rotatable bonds is 3. The summed E-state index contributed by atoms with van der Waals surface area (Å²) in [5.41, 5.74) is 0.928. The fourth-order valence-electron chi connectivity index (χ4n) is 2.95. The third-order valence-corrected chi connectivity index (χ3v) is 6.89. The second kappa shape index (κ2) is 6.65. The van der Waals surface area contributed by atoms with Crippen LogP contribution in [0.4, 0.5) is 11.4 Å². The molecule has 142 valence electrons. The number of amides is 2. The summed E-state index contributed by atoms with van der Waals surface area (Å²) < 4.78 is 25.5. The largest absolute Gasteiger partial charge is 0.322 e. The van der Waals surface area contributed by atoms with Crippen LogP contribution in [0.1, 0.15) is 29.8 Å². The summed E-state index contributed by atoms with van der Waals surface area (Å²) in [6.07, 6.45) is 0. The van der Waals surface area contributed by atoms with E-state index in [-0.39, 0.29) is 17.3 Å². The second-order valence-corrected chi connectivity index (χ2v) is 9.35. The van der Waals surface area contributed by atoms with Crippen molar-refractivity contribution in [2.24, 2.45) is 5.41 Å². The summed E-state index contributed by atoms with van der Waals surface area (Å²) in [6.45, 7) is 5.00. The van der Waals surface area contributed by atoms with Crippen LogP contribution in [0.15, 0.2) is 42.5 Å². The number of halogens is 1. The van der Waals surface area contributed by atoms with Crippen LogP contribution >= 0.6 is 11.6 Å². The average Bonchev–Trinajstić information content (AvgIpc) is 2.75. The van der Waals surface area contributed by atoms with Gasteiger partial charge in [-0.15, -0.1) is 0 Å². The van der Waals surface area contributed by atoms with Crippen LogP contribution in [0.5, 0.6) is 0 Å². The quantitative estimate of drug-likeness (QED) is 0.844. The monoisotopic (exact) mass is 406 g/mol. The average molecular weight is 407 g/mol. The zero-order valence-corrected chi connectivity index (χ0v) is 16.7. The first kappa shape index (κ1) is 19.4. The molecule has 0 unspecified atom stereocenters. The summed E-state index contributed by atoms with van der Waals surface area (Å²) in [5, 5.41) is 3.32. The van der Waals surface area contributed by atoms with Gasteiger partial charge >= 0.3 is 0 Å². The number of hydrogen-bond donors (Lipinski definition) is 1. The molecular formula is C19H19ClN2O4S. The van der Waals surface area contributed by atoms with E-state index in [0.29, 0.717) is 16.3 Å². The molecule has 0 aromatic heterocycles. The van der Waals surface area contributed by atoms with E-state index in [1.54, 1.807) is 39.0 Å². The fourth-order valence-corrected chi connectivity index (χ4v) is 5.23. The first-order valence-corrected chi connectivity index (χ1v) is 10.3. The van der Waals surface area contributed by atoms with E-state index < -0.39 is 21.3 Å². The zero-order chi connectivity index (χ0) is 20.0. The van der Waals surface area contributed by atoms with E-state index in [1.165, 1.54) is 24.3 Å². The number of nitrogens with zero attached hydrogens (tertiary/aromatic N) is 1. The Labute approximate surface area is 163 Å². The van der Waals surface area contributed by atoms with Gasteiger partial charge in [0.1, 0.15) is 0 Å². The molecule has 2 amide bonds. The van der Waals surface area contributed by atoms with Gasteiger partial charge in [-0.05, 0) is 62.7 Å². The molecule has 1 fully saturated rings. The number of benzene rings is 2. The van der Waals surface area contributed by atoms with Crippen LogP contribution in [0, 0.1) is 12.3 Å². The van der Waals surface area contributed by atoms with Gasteiger partial charge < -0.3 is 5.32 Å². The topological polar surface area (TPSA) is 83.6 Å². The van der Waals surface area contributed by atoms with Crippen LogP contribution in [0.2, 0.25) is 5.02 Å². The standard InChI is InChI=1S/C19H19ClN2O4S/c1-12-15(20)5-4-6-16(12)21-17(23)13-7-9-14(10-8-13)22-18(24)19(2,3)11-27(22,25)26/h4-10H,11H2,1-3H3,(H,21,23). The Balaban J connectivity index is 1.84. The molecule has 0 radical (unpaired) electrons. The van der Waals surface area contributed by atoms with Crippen molar-refractivity contribution >= 4 is 44.8 Å². The lowest BCUT2D eigenvalue weighted by molar-refractivity contribution is -0.123. The van der Waals surface area contributed by atoms with Crippen LogP contribution in [0.3, 0.4) is 0 Å². The van der Waals surface area contributed by atoms with Crippen LogP contribution in [-0.4, -0.2) is 26.0 Å². The highest BCUT2D eigenvalue weighted by Gasteiger charge is 2.49. The highest BCUT2D eigenvalue weighted by Crippen LogP contribution is 2.35. The van der Waals surface area contributed by atoms with Crippen molar-refractivity contribution in [2.45, 2.75) is 20.8 Å². The van der Waals surface area contributed by atoms with Crippen molar-refractivity contribution < 1.29 is 18.0 Å². The Morgan fingerprint density at radius 1 is 1.15 bits per heavy atom. The minimum atomic E-state index is -3.72. The van der Waals surface area contributed by atoms with Gasteiger partial charge in [0.05, 0.1) is 16.9 Å². The Bertz CT molecular complexity index is 1030. The van der Waals surface area contributed by atoms with Crippen molar-refractivity contribution in [2.75, 3.05) is 15.4 Å². The van der Waals surface area contributed by atoms with Crippen LogP contribution in [-0.2, 0) is 14.8 Å². The second-order valence-electron chi connectivity index (χ2n) is 7.12. The van der Waals surface area contributed by atoms with E-state index in [0.717, 1.165) is 9.87 Å². The van der Waals surface area contributed by atoms with E-state index in [1.807, 2.05) is 0 Å². The minimum absolute atomic E-state index is 0.223. The van der Waals surface area contributed by atoms with E-state index in [4.69, 9.17) is 11.6 Å². The van der Waals surface area contributed by atoms with Crippen LogP contribution in [0.25, 0.3) is 0 Å². The highest BCUT2D eigenvalue weighted by atomic mass is 35.5. The normalized spacial score (nSPS) is 17.8. The van der Waals surface area contributed by atoms with Gasteiger partial charge in [-0.1, -0.05) is 17.7 Å². The van der Waals surface area contributed by atoms with E-state index >= 15 is 0 Å². The molecule has 1 N–H and O–H groups in total. The molecule has 1 aliphatic rings. The number of carbonyl (C=O) groups is 2. The lowest BCUT2D eigenvalue weighted by Gasteiger charge is -2.17. The first-order valence-electron chi connectivity index (χ1n) is 8.27. The molecule has 2 aromatic rings. The Hall–Kier alpha value is -2.38. The molecule has 0 bridgehead atoms. The molecular weight excluding hydrogens is 388 g/mol. The van der Waals surface area contributed by atoms with Crippen molar-refractivity contribution in [3.63, 3.8) is 0 Å². The summed E-state index contributed by atoms with van der Waals surface area (Å²) in [4.78, 5) is 24.9. The number of nitrogens with one attached hydrogen (secondary N) is 1. The van der Waals surface area contributed by atoms with Gasteiger partial charge in [0.2, 0.25) is 15.9 Å². The lowest BCUT2D eigenvalue weighted by Crippen LogP contribution is -2.32. The van der Waals surface area contributed by atoms with E-state index in [9.17, 15) is 18.0 Å². The Kier molecular flexibility index (Phi) is 4.78. The predicted octanol–water partition coefficient (Wildman–Crippen LogP) is 3.60. The molecule has 1 aliphatic heterocycles. The van der Waals surface area contributed by atoms with Gasteiger partial charge in [0.25, 0.3) is 5.91 Å². The lowest BCUT2D eigenvalue weighted by atomic mass is 9.95. The number of hydrogen-bond acceptors (Lipinski definition) is 4. The molecule has 27 heavy (non-hydrogen) atoms. The Morgan fingerprint density at radius 2 is 1.78 bits per heavy atom. The van der Waals surface area contributed by atoms with Crippen molar-refractivity contribution in [1.29, 1.82) is 0 Å². The maximum absolute atomic E-state index is 12.5. The molecule has 6 nitrogen and oxygen atoms in total. The first-order chi connectivity index (χ1) is 12.5. The molecule has 0 spiro atoms. The van der Waals surface area contributed by atoms with Crippen molar-refractivity contribution in [1.82, 2.24) is 0 Å². The summed E-state index contributed by atoms with van der Waals surface area (Å²) >= 11 is 6.05. The van der Waals surface area contributed by atoms with Gasteiger partial charge in [0.15, 0.2) is 0 Å². The van der Waals surface area contributed by atoms with Gasteiger partial charge in [0, 0.05) is 16.3 Å². The molecule has 3 rings (SSSR count). The number of anilines is 2. The summed E-state index contributed by atoms with van der Waals surface area (Å²) in [6, 6.07) is 11.1. The highest BCUT2D eigenvalue weighted by molar-refractivity contribution is 7.94. The predicted molar refractivity (Wildman–Crippen MR) is 106 cm³/mol. The van der Waals surface area contributed by atoms with Gasteiger partial charge in [-0.3, -0.25) is 9.59 Å². The SMILES string of the molecule is Cc1c(Cl)cccc1NC(=O)c1ccc(N2C(=O)C(C)(C)CS2(=O)=O)cc1. The molecule has 0 atom stereocenters. The molecule has 1 heterocycles. The molecule has 8 heteroatoms. The zero-order valence-electron chi connectivity index (χ0n) is 15.1. The maximum Gasteiger partial charge on any atom is 0.255 e. The maximum atomic E-state index is 12.5. The summed E-state index contributed by atoms with van der Waals surface area (Å²) in [7, 11) is -3.72. The third kappa shape index (κ3) is 3.57. The molecule has 2 aromatic carbocycles. The minimum Gasteiger partial charge on any atom is -0.322 e. The number of carbonyl (C=O) groups excluding carboxylic acids is 2. The van der Waals surface area contributed by atoms with Gasteiger partial charge in [-0.2, -0.15) is 0 Å². The number of sulfonamides is 1. The van der Waals surface area contributed by atoms with Crippen molar-refractivity contribution in [3.05, 3.63) is 58.6 Å². The molecule has 1 saturated heterocycles.